The summed E-state index contributed by atoms with van der Waals surface area (Å²) in [6.07, 6.45) is 3.38. The lowest BCUT2D eigenvalue weighted by Gasteiger charge is -2.26. The van der Waals surface area contributed by atoms with Gasteiger partial charge in [-0.1, -0.05) is 6.07 Å². The van der Waals surface area contributed by atoms with Gasteiger partial charge in [0.2, 0.25) is 0 Å². The van der Waals surface area contributed by atoms with E-state index in [0.29, 0.717) is 11.8 Å². The molecule has 1 aliphatic carbocycles. The van der Waals surface area contributed by atoms with Gasteiger partial charge in [0.25, 0.3) is 0 Å². The highest BCUT2D eigenvalue weighted by atomic mass is 16.3. The molecule has 1 atom stereocenters. The molecule has 0 amide bonds. The molecule has 0 saturated carbocycles. The number of phenols is 1. The van der Waals surface area contributed by atoms with Crippen LogP contribution in [0.5, 0.6) is 5.75 Å². The lowest BCUT2D eigenvalue weighted by Crippen LogP contribution is -2.25. The van der Waals surface area contributed by atoms with Crippen LogP contribution in [0.4, 0.5) is 0 Å². The van der Waals surface area contributed by atoms with E-state index >= 15 is 0 Å². The third kappa shape index (κ3) is 2.68. The Balaban J connectivity index is 1.78. The van der Waals surface area contributed by atoms with E-state index in [4.69, 9.17) is 0 Å². The summed E-state index contributed by atoms with van der Waals surface area (Å²) in [5, 5.41) is 17.8. The highest BCUT2D eigenvalue weighted by Gasteiger charge is 2.21. The van der Waals surface area contributed by atoms with E-state index in [1.54, 1.807) is 6.07 Å². The van der Waals surface area contributed by atoms with Gasteiger partial charge in [-0.25, -0.2) is 0 Å². The summed E-state index contributed by atoms with van der Waals surface area (Å²) < 4.78 is 1.94. The standard InChI is InChI=1S/C17H23N3O/c1-11-16(12(2)20(3)19-11)10-18-17-6-4-5-13-9-14(21)7-8-15(13)17/h7-9,17-18,21H,4-6,10H2,1-3H3. The zero-order valence-corrected chi connectivity index (χ0v) is 13.0. The third-order valence-electron chi connectivity index (χ3n) is 4.63. The fourth-order valence-corrected chi connectivity index (χ4v) is 3.31. The monoisotopic (exact) mass is 285 g/mol. The van der Waals surface area contributed by atoms with Crippen molar-refractivity contribution in [3.63, 3.8) is 0 Å². The zero-order chi connectivity index (χ0) is 15.0. The lowest BCUT2D eigenvalue weighted by molar-refractivity contribution is 0.449. The van der Waals surface area contributed by atoms with Gasteiger partial charge in [0.15, 0.2) is 0 Å². The van der Waals surface area contributed by atoms with Crippen LogP contribution in [-0.4, -0.2) is 14.9 Å². The highest BCUT2D eigenvalue weighted by Crippen LogP contribution is 2.32. The minimum atomic E-state index is 0.369. The van der Waals surface area contributed by atoms with Crippen LogP contribution in [0.1, 0.15) is 47.0 Å². The van der Waals surface area contributed by atoms with Gasteiger partial charge >= 0.3 is 0 Å². The molecule has 0 bridgehead atoms. The van der Waals surface area contributed by atoms with Gasteiger partial charge in [-0.15, -0.1) is 0 Å². The molecule has 1 heterocycles. The van der Waals surface area contributed by atoms with Crippen molar-refractivity contribution in [3.05, 3.63) is 46.3 Å². The Morgan fingerprint density at radius 1 is 1.38 bits per heavy atom. The van der Waals surface area contributed by atoms with Crippen molar-refractivity contribution in [3.8, 4) is 5.75 Å². The van der Waals surface area contributed by atoms with E-state index in [1.165, 1.54) is 28.8 Å². The van der Waals surface area contributed by atoms with E-state index in [1.807, 2.05) is 17.8 Å². The minimum Gasteiger partial charge on any atom is -0.508 e. The molecule has 0 aliphatic heterocycles. The molecule has 0 spiro atoms. The maximum Gasteiger partial charge on any atom is 0.115 e. The number of nitrogens with zero attached hydrogens (tertiary/aromatic N) is 2. The summed E-state index contributed by atoms with van der Waals surface area (Å²) in [6.45, 7) is 5.03. The molecular formula is C17H23N3O. The van der Waals surface area contributed by atoms with E-state index in [2.05, 4.69) is 30.3 Å². The van der Waals surface area contributed by atoms with Crippen LogP contribution in [0.25, 0.3) is 0 Å². The fraction of sp³-hybridized carbons (Fsp3) is 0.471. The summed E-state index contributed by atoms with van der Waals surface area (Å²) in [5.74, 6) is 0.369. The Morgan fingerprint density at radius 2 is 2.19 bits per heavy atom. The molecule has 1 aromatic carbocycles. The first-order chi connectivity index (χ1) is 10.1. The molecule has 1 aromatic heterocycles. The maximum atomic E-state index is 9.63. The molecule has 2 aromatic rings. The molecular weight excluding hydrogens is 262 g/mol. The average molecular weight is 285 g/mol. The van der Waals surface area contributed by atoms with Gasteiger partial charge in [0.05, 0.1) is 5.69 Å². The second kappa shape index (κ2) is 5.53. The van der Waals surface area contributed by atoms with Crippen LogP contribution in [0.2, 0.25) is 0 Å². The van der Waals surface area contributed by atoms with Gasteiger partial charge in [-0.3, -0.25) is 4.68 Å². The number of hydrogen-bond donors (Lipinski definition) is 2. The Bertz CT molecular complexity index is 660. The predicted molar refractivity (Wildman–Crippen MR) is 83.3 cm³/mol. The van der Waals surface area contributed by atoms with Crippen LogP contribution in [0.15, 0.2) is 18.2 Å². The van der Waals surface area contributed by atoms with Crippen molar-refractivity contribution in [2.45, 2.75) is 45.7 Å². The normalized spacial score (nSPS) is 17.8. The van der Waals surface area contributed by atoms with Crippen LogP contribution in [0, 0.1) is 13.8 Å². The number of aromatic hydroxyl groups is 1. The maximum absolute atomic E-state index is 9.63. The van der Waals surface area contributed by atoms with Gasteiger partial charge in [0, 0.05) is 30.9 Å². The summed E-state index contributed by atoms with van der Waals surface area (Å²) in [6, 6.07) is 6.13. The first kappa shape index (κ1) is 14.1. The minimum absolute atomic E-state index is 0.369. The summed E-state index contributed by atoms with van der Waals surface area (Å²) in [5.41, 5.74) is 6.23. The highest BCUT2D eigenvalue weighted by molar-refractivity contribution is 5.38. The Hall–Kier alpha value is -1.81. The van der Waals surface area contributed by atoms with Crippen molar-refractivity contribution in [2.24, 2.45) is 7.05 Å². The number of hydrogen-bond acceptors (Lipinski definition) is 3. The second-order valence-electron chi connectivity index (χ2n) is 5.98. The Kier molecular flexibility index (Phi) is 3.72. The molecule has 1 unspecified atom stereocenters. The Labute approximate surface area is 125 Å². The topological polar surface area (TPSA) is 50.1 Å². The summed E-state index contributed by atoms with van der Waals surface area (Å²) in [4.78, 5) is 0. The van der Waals surface area contributed by atoms with Crippen molar-refractivity contribution in [1.29, 1.82) is 0 Å². The number of rotatable bonds is 3. The number of fused-ring (bicyclic) bond motifs is 1. The second-order valence-corrected chi connectivity index (χ2v) is 5.98. The Morgan fingerprint density at radius 3 is 2.90 bits per heavy atom. The van der Waals surface area contributed by atoms with E-state index in [0.717, 1.165) is 25.1 Å². The number of benzene rings is 1. The van der Waals surface area contributed by atoms with Crippen LogP contribution in [0.3, 0.4) is 0 Å². The molecule has 21 heavy (non-hydrogen) atoms. The van der Waals surface area contributed by atoms with Crippen molar-refractivity contribution >= 4 is 0 Å². The number of aryl methyl sites for hydroxylation is 3. The quantitative estimate of drug-likeness (QED) is 0.911. The average Bonchev–Trinajstić information content (AvgIpc) is 2.70. The van der Waals surface area contributed by atoms with Crippen LogP contribution in [-0.2, 0) is 20.0 Å². The predicted octanol–water partition coefficient (Wildman–Crippen LogP) is 2.91. The lowest BCUT2D eigenvalue weighted by atomic mass is 9.87. The van der Waals surface area contributed by atoms with E-state index in [-0.39, 0.29) is 0 Å². The number of aromatic nitrogens is 2. The molecule has 112 valence electrons. The van der Waals surface area contributed by atoms with Crippen molar-refractivity contribution in [1.82, 2.24) is 15.1 Å². The van der Waals surface area contributed by atoms with Crippen molar-refractivity contribution in [2.75, 3.05) is 0 Å². The fourth-order valence-electron chi connectivity index (χ4n) is 3.31. The molecule has 0 fully saturated rings. The van der Waals surface area contributed by atoms with E-state index < -0.39 is 0 Å². The van der Waals surface area contributed by atoms with Gasteiger partial charge in [0.1, 0.15) is 5.75 Å². The number of nitrogens with one attached hydrogen (secondary N) is 1. The van der Waals surface area contributed by atoms with Crippen LogP contribution >= 0.6 is 0 Å². The van der Waals surface area contributed by atoms with Crippen molar-refractivity contribution < 1.29 is 5.11 Å². The van der Waals surface area contributed by atoms with Crippen LogP contribution < -0.4 is 5.32 Å². The van der Waals surface area contributed by atoms with Gasteiger partial charge in [-0.05, 0) is 56.4 Å². The van der Waals surface area contributed by atoms with E-state index in [9.17, 15) is 5.11 Å². The molecule has 4 heteroatoms. The largest absolute Gasteiger partial charge is 0.508 e. The van der Waals surface area contributed by atoms with Gasteiger partial charge < -0.3 is 10.4 Å². The van der Waals surface area contributed by atoms with Gasteiger partial charge in [-0.2, -0.15) is 5.10 Å². The molecule has 2 N–H and O–H groups in total. The first-order valence-corrected chi connectivity index (χ1v) is 7.60. The smallest absolute Gasteiger partial charge is 0.115 e. The molecule has 0 radical (unpaired) electrons. The third-order valence-corrected chi connectivity index (χ3v) is 4.63. The summed E-state index contributed by atoms with van der Waals surface area (Å²) in [7, 11) is 1.99. The molecule has 3 rings (SSSR count). The molecule has 4 nitrogen and oxygen atoms in total. The SMILES string of the molecule is Cc1nn(C)c(C)c1CNC1CCCc2cc(O)ccc21. The summed E-state index contributed by atoms with van der Waals surface area (Å²) >= 11 is 0. The molecule has 1 aliphatic rings. The number of phenolic OH excluding ortho intramolecular Hbond substituents is 1. The zero-order valence-electron chi connectivity index (χ0n) is 13.0. The first-order valence-electron chi connectivity index (χ1n) is 7.60. The molecule has 0 saturated heterocycles.